The Morgan fingerprint density at radius 2 is 1.83 bits per heavy atom. The molecule has 1 aliphatic heterocycles. The number of carbonyl (C=O) groups excluding carboxylic acids is 2. The summed E-state index contributed by atoms with van der Waals surface area (Å²) in [6, 6.07) is 13.8. The molecule has 0 bridgehead atoms. The molecule has 0 radical (unpaired) electrons. The minimum Gasteiger partial charge on any atom is -0.426 e. The predicted octanol–water partition coefficient (Wildman–Crippen LogP) is 3.42. The monoisotopic (exact) mass is 309 g/mol. The van der Waals surface area contributed by atoms with Gasteiger partial charge in [0.1, 0.15) is 5.75 Å². The standard InChI is InChI=1S/C19H19NO3/c1-12-9-17-19(18(10-12)23-14(3)22)16(11-20(17)13(2)21)15-7-5-4-6-8-15/h4-10,16H,11H2,1-3H3. The molecular formula is C19H19NO3. The van der Waals surface area contributed by atoms with Gasteiger partial charge in [-0.1, -0.05) is 30.3 Å². The van der Waals surface area contributed by atoms with Crippen LogP contribution >= 0.6 is 0 Å². The zero-order valence-electron chi connectivity index (χ0n) is 13.5. The number of ether oxygens (including phenoxy) is 1. The van der Waals surface area contributed by atoms with Gasteiger partial charge in [-0.2, -0.15) is 0 Å². The highest BCUT2D eigenvalue weighted by molar-refractivity contribution is 5.95. The molecule has 3 rings (SSSR count). The van der Waals surface area contributed by atoms with E-state index in [2.05, 4.69) is 0 Å². The quantitative estimate of drug-likeness (QED) is 0.631. The van der Waals surface area contributed by atoms with E-state index in [-0.39, 0.29) is 17.8 Å². The number of aryl methyl sites for hydroxylation is 1. The van der Waals surface area contributed by atoms with E-state index in [1.165, 1.54) is 6.92 Å². The van der Waals surface area contributed by atoms with Gasteiger partial charge < -0.3 is 9.64 Å². The van der Waals surface area contributed by atoms with Crippen LogP contribution in [0.2, 0.25) is 0 Å². The smallest absolute Gasteiger partial charge is 0.308 e. The number of fused-ring (bicyclic) bond motifs is 1. The van der Waals surface area contributed by atoms with Gasteiger partial charge in [-0.3, -0.25) is 9.59 Å². The number of anilines is 1. The van der Waals surface area contributed by atoms with Crippen LogP contribution in [-0.4, -0.2) is 18.4 Å². The minimum atomic E-state index is -0.356. The Labute approximate surface area is 135 Å². The van der Waals surface area contributed by atoms with Gasteiger partial charge in [0, 0.05) is 31.9 Å². The molecule has 0 aliphatic carbocycles. The van der Waals surface area contributed by atoms with Gasteiger partial charge in [0.25, 0.3) is 0 Å². The van der Waals surface area contributed by atoms with Crippen molar-refractivity contribution in [3.63, 3.8) is 0 Å². The Kier molecular flexibility index (Phi) is 3.90. The number of rotatable bonds is 2. The van der Waals surface area contributed by atoms with Gasteiger partial charge in [-0.05, 0) is 30.2 Å². The molecule has 0 fully saturated rings. The number of nitrogens with zero attached hydrogens (tertiary/aromatic N) is 1. The van der Waals surface area contributed by atoms with Crippen molar-refractivity contribution in [3.8, 4) is 5.75 Å². The van der Waals surface area contributed by atoms with Crippen LogP contribution in [0.3, 0.4) is 0 Å². The first-order valence-electron chi connectivity index (χ1n) is 7.63. The summed E-state index contributed by atoms with van der Waals surface area (Å²) in [5.74, 6) is 0.185. The molecule has 4 heteroatoms. The summed E-state index contributed by atoms with van der Waals surface area (Å²) < 4.78 is 5.44. The van der Waals surface area contributed by atoms with E-state index in [1.54, 1.807) is 11.8 Å². The summed E-state index contributed by atoms with van der Waals surface area (Å²) in [7, 11) is 0. The summed E-state index contributed by atoms with van der Waals surface area (Å²) in [6.07, 6.45) is 0. The number of benzene rings is 2. The summed E-state index contributed by atoms with van der Waals surface area (Å²) in [4.78, 5) is 25.3. The highest BCUT2D eigenvalue weighted by Gasteiger charge is 2.35. The van der Waals surface area contributed by atoms with Crippen molar-refractivity contribution in [2.45, 2.75) is 26.7 Å². The van der Waals surface area contributed by atoms with Gasteiger partial charge in [-0.25, -0.2) is 0 Å². The lowest BCUT2D eigenvalue weighted by molar-refractivity contribution is -0.131. The van der Waals surface area contributed by atoms with Crippen molar-refractivity contribution in [2.24, 2.45) is 0 Å². The van der Waals surface area contributed by atoms with Crippen LogP contribution in [0.1, 0.15) is 36.5 Å². The molecule has 2 aromatic carbocycles. The molecule has 4 nitrogen and oxygen atoms in total. The fourth-order valence-electron chi connectivity index (χ4n) is 3.19. The highest BCUT2D eigenvalue weighted by atomic mass is 16.5. The van der Waals surface area contributed by atoms with Crippen LogP contribution < -0.4 is 9.64 Å². The summed E-state index contributed by atoms with van der Waals surface area (Å²) >= 11 is 0. The molecule has 0 saturated heterocycles. The van der Waals surface area contributed by atoms with Gasteiger partial charge in [0.05, 0.1) is 5.69 Å². The third kappa shape index (κ3) is 2.84. The first-order valence-corrected chi connectivity index (χ1v) is 7.63. The van der Waals surface area contributed by atoms with Crippen molar-refractivity contribution < 1.29 is 14.3 Å². The highest BCUT2D eigenvalue weighted by Crippen LogP contribution is 2.46. The molecule has 1 amide bonds. The summed E-state index contributed by atoms with van der Waals surface area (Å²) in [5, 5.41) is 0. The molecular weight excluding hydrogens is 290 g/mol. The molecule has 1 heterocycles. The number of amides is 1. The number of hydrogen-bond acceptors (Lipinski definition) is 3. The average molecular weight is 309 g/mol. The molecule has 1 atom stereocenters. The van der Waals surface area contributed by atoms with Crippen molar-refractivity contribution in [1.82, 2.24) is 0 Å². The normalized spacial score (nSPS) is 16.1. The van der Waals surface area contributed by atoms with Crippen LogP contribution in [-0.2, 0) is 9.59 Å². The van der Waals surface area contributed by atoms with Crippen LogP contribution in [0, 0.1) is 6.92 Å². The average Bonchev–Trinajstić information content (AvgIpc) is 2.87. The van der Waals surface area contributed by atoms with E-state index in [1.807, 2.05) is 49.4 Å². The maximum atomic E-state index is 12.0. The Morgan fingerprint density at radius 3 is 2.43 bits per heavy atom. The van der Waals surface area contributed by atoms with Crippen molar-refractivity contribution in [1.29, 1.82) is 0 Å². The summed E-state index contributed by atoms with van der Waals surface area (Å²) in [5.41, 5.74) is 3.81. The first kappa shape index (κ1) is 15.3. The second-order valence-corrected chi connectivity index (χ2v) is 5.88. The van der Waals surface area contributed by atoms with Gasteiger partial charge in [0.15, 0.2) is 0 Å². The zero-order chi connectivity index (χ0) is 16.6. The maximum Gasteiger partial charge on any atom is 0.308 e. The van der Waals surface area contributed by atoms with Gasteiger partial charge >= 0.3 is 5.97 Å². The number of esters is 1. The third-order valence-corrected chi connectivity index (χ3v) is 4.10. The Morgan fingerprint density at radius 1 is 1.13 bits per heavy atom. The molecule has 0 spiro atoms. The van der Waals surface area contributed by atoms with Crippen LogP contribution in [0.25, 0.3) is 0 Å². The van der Waals surface area contributed by atoms with E-state index in [0.29, 0.717) is 12.3 Å². The molecule has 0 aromatic heterocycles. The van der Waals surface area contributed by atoms with E-state index in [4.69, 9.17) is 4.74 Å². The van der Waals surface area contributed by atoms with Crippen LogP contribution in [0.15, 0.2) is 42.5 Å². The molecule has 0 N–H and O–H groups in total. The Bertz CT molecular complexity index is 768. The molecule has 2 aromatic rings. The second-order valence-electron chi connectivity index (χ2n) is 5.88. The fraction of sp³-hybridized carbons (Fsp3) is 0.263. The van der Waals surface area contributed by atoms with Crippen molar-refractivity contribution in [2.75, 3.05) is 11.4 Å². The predicted molar refractivity (Wildman–Crippen MR) is 88.8 cm³/mol. The lowest BCUT2D eigenvalue weighted by atomic mass is 9.92. The van der Waals surface area contributed by atoms with E-state index < -0.39 is 0 Å². The van der Waals surface area contributed by atoms with Gasteiger partial charge in [-0.15, -0.1) is 0 Å². The van der Waals surface area contributed by atoms with Crippen molar-refractivity contribution >= 4 is 17.6 Å². The summed E-state index contributed by atoms with van der Waals surface area (Å²) in [6.45, 7) is 5.45. The van der Waals surface area contributed by atoms with E-state index in [0.717, 1.165) is 22.4 Å². The zero-order valence-corrected chi connectivity index (χ0v) is 13.5. The molecule has 118 valence electrons. The van der Waals surface area contributed by atoms with E-state index in [9.17, 15) is 9.59 Å². The Hall–Kier alpha value is -2.62. The van der Waals surface area contributed by atoms with Crippen LogP contribution in [0.5, 0.6) is 5.75 Å². The first-order chi connectivity index (χ1) is 11.0. The molecule has 1 unspecified atom stereocenters. The SMILES string of the molecule is CC(=O)Oc1cc(C)cc2c1C(c1ccccc1)CN2C(C)=O. The molecule has 23 heavy (non-hydrogen) atoms. The Balaban J connectivity index is 2.19. The lowest BCUT2D eigenvalue weighted by Gasteiger charge is -2.16. The minimum absolute atomic E-state index is 0.00468. The van der Waals surface area contributed by atoms with Gasteiger partial charge in [0.2, 0.25) is 5.91 Å². The topological polar surface area (TPSA) is 46.6 Å². The molecule has 0 saturated carbocycles. The van der Waals surface area contributed by atoms with Crippen molar-refractivity contribution in [3.05, 3.63) is 59.2 Å². The fourth-order valence-corrected chi connectivity index (χ4v) is 3.19. The number of carbonyl (C=O) groups is 2. The lowest BCUT2D eigenvalue weighted by Crippen LogP contribution is -2.27. The second kappa shape index (κ2) is 5.88. The van der Waals surface area contributed by atoms with Crippen LogP contribution in [0.4, 0.5) is 5.69 Å². The third-order valence-electron chi connectivity index (χ3n) is 4.10. The molecule has 1 aliphatic rings. The number of hydrogen-bond donors (Lipinski definition) is 0. The van der Waals surface area contributed by atoms with E-state index >= 15 is 0 Å². The largest absolute Gasteiger partial charge is 0.426 e. The maximum absolute atomic E-state index is 12.0.